The normalized spacial score (nSPS) is 10.5. The van der Waals surface area contributed by atoms with Gasteiger partial charge in [-0.15, -0.1) is 34.5 Å². The zero-order chi connectivity index (χ0) is 16.1. The second-order valence-corrected chi connectivity index (χ2v) is 9.42. The molecule has 0 aliphatic rings. The number of rotatable bonds is 2. The molecule has 3 heteroatoms. The molecule has 22 heavy (non-hydrogen) atoms. The van der Waals surface area contributed by atoms with Gasteiger partial charge in [0.2, 0.25) is 0 Å². The third kappa shape index (κ3) is 4.28. The van der Waals surface area contributed by atoms with E-state index in [9.17, 15) is 0 Å². The van der Waals surface area contributed by atoms with Gasteiger partial charge in [-0.2, -0.15) is 6.07 Å². The average molecular weight is 409 g/mol. The van der Waals surface area contributed by atoms with Crippen LogP contribution in [0.4, 0.5) is 0 Å². The molecule has 114 valence electrons. The van der Waals surface area contributed by atoms with Gasteiger partial charge >= 0.3 is 37.9 Å². The van der Waals surface area contributed by atoms with Crippen molar-refractivity contribution in [1.82, 2.24) is 0 Å². The van der Waals surface area contributed by atoms with E-state index in [1.807, 2.05) is 0 Å². The molecule has 0 radical (unpaired) electrons. The van der Waals surface area contributed by atoms with Crippen LogP contribution in [-0.4, -0.2) is 0 Å². The third-order valence-electron chi connectivity index (χ3n) is 3.78. The Morgan fingerprint density at radius 2 is 1.64 bits per heavy atom. The van der Waals surface area contributed by atoms with E-state index in [1.54, 1.807) is 0 Å². The van der Waals surface area contributed by atoms with Crippen molar-refractivity contribution in [1.29, 1.82) is 0 Å². The van der Waals surface area contributed by atoms with Crippen LogP contribution in [0.5, 0.6) is 0 Å². The molecule has 0 unspecified atom stereocenters. The number of aryl methyl sites for hydroxylation is 1. The molecule has 0 N–H and O–H groups in total. The van der Waals surface area contributed by atoms with Crippen LogP contribution in [0.25, 0.3) is 21.9 Å². The molecule has 0 atom stereocenters. The summed E-state index contributed by atoms with van der Waals surface area (Å²) in [7, 11) is 9.87. The summed E-state index contributed by atoms with van der Waals surface area (Å²) < 4.78 is 0. The van der Waals surface area contributed by atoms with E-state index in [2.05, 4.69) is 75.4 Å². The van der Waals surface area contributed by atoms with Gasteiger partial charge in [-0.3, -0.25) is 0 Å². The van der Waals surface area contributed by atoms with E-state index in [1.165, 1.54) is 33.0 Å². The second kappa shape index (κ2) is 8.39. The first-order chi connectivity index (χ1) is 10.6. The predicted molar refractivity (Wildman–Crippen MR) is 95.5 cm³/mol. The minimum atomic E-state index is -0.826. The summed E-state index contributed by atoms with van der Waals surface area (Å²) in [6.45, 7) is 6.62. The molecule has 0 saturated carbocycles. The Kier molecular flexibility index (Phi) is 6.81. The van der Waals surface area contributed by atoms with Crippen molar-refractivity contribution in [2.75, 3.05) is 0 Å². The average Bonchev–Trinajstić information content (AvgIpc) is 2.88. The van der Waals surface area contributed by atoms with Crippen LogP contribution in [0.3, 0.4) is 0 Å². The van der Waals surface area contributed by atoms with E-state index in [-0.39, 0.29) is 0 Å². The third-order valence-corrected chi connectivity index (χ3v) is 3.78. The second-order valence-electron chi connectivity index (χ2n) is 5.69. The molecule has 0 aromatic heterocycles. The quantitative estimate of drug-likeness (QED) is 0.399. The Balaban J connectivity index is 0.000000545. The van der Waals surface area contributed by atoms with E-state index in [0.29, 0.717) is 5.92 Å². The van der Waals surface area contributed by atoms with Crippen LogP contribution in [0, 0.1) is 6.92 Å². The van der Waals surface area contributed by atoms with Crippen molar-refractivity contribution in [3.63, 3.8) is 0 Å². The molecule has 0 saturated heterocycles. The fraction of sp³-hybridized carbons (Fsp3) is 0.211. The van der Waals surface area contributed by atoms with Crippen LogP contribution >= 0.6 is 17.0 Å². The topological polar surface area (TPSA) is 0 Å². The number of fused-ring (bicyclic) bond motifs is 1. The summed E-state index contributed by atoms with van der Waals surface area (Å²) >= 11 is -0.826. The van der Waals surface area contributed by atoms with Gasteiger partial charge < -0.3 is 0 Å². The predicted octanol–water partition coefficient (Wildman–Crippen LogP) is 7.03. The zero-order valence-corrected chi connectivity index (χ0v) is 17.0. The number of hydrogen-bond donors (Lipinski definition) is 0. The van der Waals surface area contributed by atoms with Crippen molar-refractivity contribution < 1.29 is 20.8 Å². The molecule has 0 fully saturated rings. The molecule has 0 bridgehead atoms. The molecule has 3 rings (SSSR count). The summed E-state index contributed by atoms with van der Waals surface area (Å²) in [6.07, 6.45) is 0. The van der Waals surface area contributed by atoms with Crippen molar-refractivity contribution in [3.8, 4) is 11.1 Å². The molecule has 3 aromatic carbocycles. The van der Waals surface area contributed by atoms with Gasteiger partial charge in [0, 0.05) is 0 Å². The molecular formula is C19H19Cl2Zr-. The molecular weight excluding hydrogens is 390 g/mol. The van der Waals surface area contributed by atoms with Crippen LogP contribution in [0.2, 0.25) is 0 Å². The Morgan fingerprint density at radius 3 is 2.23 bits per heavy atom. The Hall–Kier alpha value is -0.487. The van der Waals surface area contributed by atoms with Gasteiger partial charge in [0.1, 0.15) is 0 Å². The summed E-state index contributed by atoms with van der Waals surface area (Å²) in [4.78, 5) is 0. The van der Waals surface area contributed by atoms with Gasteiger partial charge in [0.25, 0.3) is 0 Å². The fourth-order valence-corrected chi connectivity index (χ4v) is 2.68. The van der Waals surface area contributed by atoms with Crippen molar-refractivity contribution >= 4 is 27.8 Å². The van der Waals surface area contributed by atoms with Crippen LogP contribution in [-0.2, 0) is 20.8 Å². The van der Waals surface area contributed by atoms with Crippen molar-refractivity contribution in [2.45, 2.75) is 26.7 Å². The molecule has 0 aliphatic heterocycles. The van der Waals surface area contributed by atoms with Crippen LogP contribution < -0.4 is 0 Å². The van der Waals surface area contributed by atoms with Crippen LogP contribution in [0.15, 0.2) is 54.6 Å². The first-order valence-electron chi connectivity index (χ1n) is 7.29. The maximum absolute atomic E-state index is 4.93. The van der Waals surface area contributed by atoms with Crippen molar-refractivity contribution in [3.05, 3.63) is 65.7 Å². The number of hydrogen-bond acceptors (Lipinski definition) is 0. The fourth-order valence-electron chi connectivity index (χ4n) is 2.68. The first kappa shape index (κ1) is 17.9. The summed E-state index contributed by atoms with van der Waals surface area (Å²) in [5, 5.41) is 2.69. The SMILES string of the molecule is Cc1cc2c(-c3ccc(C(C)C)cc3)cccc2[cH-]1.[Cl][Zr][Cl]. The standard InChI is InChI=1S/C19H19.2ClH.Zr/c1-13(2)15-7-9-16(10-8-15)18-6-4-5-17-11-14(3)12-19(17)18;;;/h4-13H,1-3H3;2*1H;/q-1;;;+2/p-2. The molecule has 0 heterocycles. The van der Waals surface area contributed by atoms with Gasteiger partial charge in [0.15, 0.2) is 0 Å². The molecule has 0 nitrogen and oxygen atoms in total. The molecule has 0 amide bonds. The number of halogens is 2. The monoisotopic (exact) mass is 407 g/mol. The Bertz CT molecular complexity index is 727. The van der Waals surface area contributed by atoms with E-state index >= 15 is 0 Å². The van der Waals surface area contributed by atoms with Gasteiger partial charge in [-0.05, 0) is 17.0 Å². The van der Waals surface area contributed by atoms with Gasteiger partial charge in [-0.25, -0.2) is 0 Å². The van der Waals surface area contributed by atoms with E-state index < -0.39 is 20.8 Å². The maximum atomic E-state index is 4.93. The molecule has 3 aromatic rings. The van der Waals surface area contributed by atoms with E-state index in [0.717, 1.165) is 0 Å². The molecule has 0 spiro atoms. The van der Waals surface area contributed by atoms with Gasteiger partial charge in [0.05, 0.1) is 0 Å². The minimum absolute atomic E-state index is 0.589. The zero-order valence-electron chi connectivity index (χ0n) is 13.0. The molecule has 0 aliphatic carbocycles. The summed E-state index contributed by atoms with van der Waals surface area (Å²) in [5.74, 6) is 0.589. The Morgan fingerprint density at radius 1 is 1.00 bits per heavy atom. The number of benzene rings is 2. The van der Waals surface area contributed by atoms with Crippen LogP contribution in [0.1, 0.15) is 30.9 Å². The summed E-state index contributed by atoms with van der Waals surface area (Å²) in [6, 6.07) is 20.1. The Labute approximate surface area is 151 Å². The van der Waals surface area contributed by atoms with E-state index in [4.69, 9.17) is 17.0 Å². The first-order valence-corrected chi connectivity index (χ1v) is 13.6. The summed E-state index contributed by atoms with van der Waals surface area (Å²) in [5.41, 5.74) is 5.37. The van der Waals surface area contributed by atoms with Crippen molar-refractivity contribution in [2.24, 2.45) is 0 Å². The van der Waals surface area contributed by atoms with Gasteiger partial charge in [-0.1, -0.05) is 56.7 Å².